The SMILES string of the molecule is CC1CCCCCN1C(=O)c1ccc(C#CCN)s1. The smallest absolute Gasteiger partial charge is 0.264 e. The standard InChI is InChI=1S/C15H20N2OS/c1-12-6-3-2-4-11-17(12)15(18)14-9-8-13(19-14)7-5-10-16/h8-9,12H,2-4,6,10-11,16H2,1H3. The Bertz CT molecular complexity index is 498. The van der Waals surface area contributed by atoms with Crippen LogP contribution >= 0.6 is 11.3 Å². The van der Waals surface area contributed by atoms with Gasteiger partial charge in [0.15, 0.2) is 0 Å². The van der Waals surface area contributed by atoms with E-state index >= 15 is 0 Å². The van der Waals surface area contributed by atoms with E-state index in [0.717, 1.165) is 29.1 Å². The van der Waals surface area contributed by atoms with Crippen LogP contribution in [0.25, 0.3) is 0 Å². The van der Waals surface area contributed by atoms with E-state index in [-0.39, 0.29) is 5.91 Å². The van der Waals surface area contributed by atoms with E-state index in [1.807, 2.05) is 17.0 Å². The lowest BCUT2D eigenvalue weighted by atomic mass is 10.1. The fourth-order valence-electron chi connectivity index (χ4n) is 2.38. The molecular weight excluding hydrogens is 256 g/mol. The number of hydrogen-bond acceptors (Lipinski definition) is 3. The number of nitrogens with zero attached hydrogens (tertiary/aromatic N) is 1. The number of amides is 1. The minimum atomic E-state index is 0.153. The number of nitrogens with two attached hydrogens (primary N) is 1. The molecule has 1 aliphatic heterocycles. The summed E-state index contributed by atoms with van der Waals surface area (Å²) in [6.45, 7) is 3.37. The third kappa shape index (κ3) is 3.59. The Morgan fingerprint density at radius 3 is 3.11 bits per heavy atom. The average molecular weight is 276 g/mol. The molecule has 0 aliphatic carbocycles. The zero-order valence-corrected chi connectivity index (χ0v) is 12.1. The van der Waals surface area contributed by atoms with Gasteiger partial charge in [0.05, 0.1) is 16.3 Å². The first-order valence-corrected chi connectivity index (χ1v) is 7.63. The van der Waals surface area contributed by atoms with Crippen molar-refractivity contribution in [1.82, 2.24) is 4.90 Å². The van der Waals surface area contributed by atoms with Gasteiger partial charge in [0, 0.05) is 12.6 Å². The zero-order valence-electron chi connectivity index (χ0n) is 11.3. The van der Waals surface area contributed by atoms with E-state index in [9.17, 15) is 4.79 Å². The molecule has 4 heteroatoms. The molecule has 1 unspecified atom stereocenters. The van der Waals surface area contributed by atoms with Crippen molar-refractivity contribution in [3.8, 4) is 11.8 Å². The molecule has 0 radical (unpaired) electrons. The van der Waals surface area contributed by atoms with Gasteiger partial charge in [0.2, 0.25) is 0 Å². The molecule has 1 fully saturated rings. The summed E-state index contributed by atoms with van der Waals surface area (Å²) in [6, 6.07) is 4.13. The van der Waals surface area contributed by atoms with Crippen molar-refractivity contribution in [2.75, 3.05) is 13.1 Å². The highest BCUT2D eigenvalue weighted by molar-refractivity contribution is 7.14. The zero-order chi connectivity index (χ0) is 13.7. The Kier molecular flexibility index (Phi) is 5.00. The van der Waals surface area contributed by atoms with Crippen LogP contribution in [0.5, 0.6) is 0 Å². The maximum atomic E-state index is 12.5. The fraction of sp³-hybridized carbons (Fsp3) is 0.533. The number of hydrogen-bond donors (Lipinski definition) is 1. The van der Waals surface area contributed by atoms with Gasteiger partial charge in [0.25, 0.3) is 5.91 Å². The molecule has 0 saturated carbocycles. The van der Waals surface area contributed by atoms with Crippen molar-refractivity contribution in [3.05, 3.63) is 21.9 Å². The summed E-state index contributed by atoms with van der Waals surface area (Å²) >= 11 is 1.46. The van der Waals surface area contributed by atoms with Crippen LogP contribution in [0.3, 0.4) is 0 Å². The second-order valence-electron chi connectivity index (χ2n) is 4.87. The molecular formula is C15H20N2OS. The molecule has 1 aromatic heterocycles. The first-order valence-electron chi connectivity index (χ1n) is 6.82. The average Bonchev–Trinajstić information content (AvgIpc) is 2.78. The summed E-state index contributed by atoms with van der Waals surface area (Å²) in [7, 11) is 0. The van der Waals surface area contributed by atoms with Gasteiger partial charge in [-0.05, 0) is 31.9 Å². The molecule has 1 saturated heterocycles. The molecule has 1 atom stereocenters. The minimum absolute atomic E-state index is 0.153. The summed E-state index contributed by atoms with van der Waals surface area (Å²) < 4.78 is 0. The summed E-state index contributed by atoms with van der Waals surface area (Å²) in [5, 5.41) is 0. The van der Waals surface area contributed by atoms with E-state index in [0.29, 0.717) is 12.6 Å². The molecule has 19 heavy (non-hydrogen) atoms. The van der Waals surface area contributed by atoms with Crippen molar-refractivity contribution in [1.29, 1.82) is 0 Å². The van der Waals surface area contributed by atoms with E-state index in [2.05, 4.69) is 18.8 Å². The van der Waals surface area contributed by atoms with Gasteiger partial charge >= 0.3 is 0 Å². The lowest BCUT2D eigenvalue weighted by molar-refractivity contribution is 0.0703. The summed E-state index contributed by atoms with van der Waals surface area (Å²) in [5.74, 6) is 5.95. The van der Waals surface area contributed by atoms with E-state index in [1.54, 1.807) is 0 Å². The molecule has 2 heterocycles. The van der Waals surface area contributed by atoms with Gasteiger partial charge in [-0.1, -0.05) is 24.7 Å². The Labute approximate surface area is 118 Å². The number of thiophene rings is 1. The highest BCUT2D eigenvalue weighted by Crippen LogP contribution is 2.22. The summed E-state index contributed by atoms with van der Waals surface area (Å²) in [5.41, 5.74) is 5.35. The highest BCUT2D eigenvalue weighted by Gasteiger charge is 2.23. The van der Waals surface area contributed by atoms with Crippen molar-refractivity contribution >= 4 is 17.2 Å². The maximum Gasteiger partial charge on any atom is 0.264 e. The van der Waals surface area contributed by atoms with Gasteiger partial charge in [0.1, 0.15) is 0 Å². The van der Waals surface area contributed by atoms with Crippen LogP contribution in [-0.4, -0.2) is 29.9 Å². The molecule has 1 aromatic rings. The number of carbonyl (C=O) groups excluding carboxylic acids is 1. The number of rotatable bonds is 1. The van der Waals surface area contributed by atoms with Crippen LogP contribution in [-0.2, 0) is 0 Å². The Hall–Kier alpha value is -1.31. The molecule has 3 nitrogen and oxygen atoms in total. The molecule has 1 amide bonds. The van der Waals surface area contributed by atoms with Gasteiger partial charge in [-0.25, -0.2) is 0 Å². The summed E-state index contributed by atoms with van der Waals surface area (Å²) in [4.78, 5) is 16.2. The minimum Gasteiger partial charge on any atom is -0.335 e. The number of carbonyl (C=O) groups is 1. The van der Waals surface area contributed by atoms with Gasteiger partial charge in [-0.3, -0.25) is 4.79 Å². The van der Waals surface area contributed by atoms with Crippen LogP contribution in [0.15, 0.2) is 12.1 Å². The monoisotopic (exact) mass is 276 g/mol. The van der Waals surface area contributed by atoms with Crippen molar-refractivity contribution in [3.63, 3.8) is 0 Å². The first kappa shape index (κ1) is 14.1. The molecule has 102 valence electrons. The van der Waals surface area contributed by atoms with Crippen LogP contribution < -0.4 is 5.73 Å². The van der Waals surface area contributed by atoms with Gasteiger partial charge in [-0.2, -0.15) is 0 Å². The quantitative estimate of drug-likeness (QED) is 0.801. The van der Waals surface area contributed by atoms with E-state index in [1.165, 1.54) is 24.2 Å². The molecule has 2 N–H and O–H groups in total. The van der Waals surface area contributed by atoms with E-state index in [4.69, 9.17) is 5.73 Å². The van der Waals surface area contributed by atoms with Crippen molar-refractivity contribution in [2.24, 2.45) is 5.73 Å². The predicted molar refractivity (Wildman–Crippen MR) is 79.2 cm³/mol. The lowest BCUT2D eigenvalue weighted by Gasteiger charge is -2.26. The molecule has 2 rings (SSSR count). The second-order valence-corrected chi connectivity index (χ2v) is 5.95. The normalized spacial score (nSPS) is 19.5. The molecule has 0 spiro atoms. The number of likely N-dealkylation sites (tertiary alicyclic amines) is 1. The highest BCUT2D eigenvalue weighted by atomic mass is 32.1. The Balaban J connectivity index is 2.11. The van der Waals surface area contributed by atoms with Crippen LogP contribution in [0.4, 0.5) is 0 Å². The maximum absolute atomic E-state index is 12.5. The summed E-state index contributed by atoms with van der Waals surface area (Å²) in [6.07, 6.45) is 4.67. The second kappa shape index (κ2) is 6.74. The van der Waals surface area contributed by atoms with Crippen molar-refractivity contribution in [2.45, 2.75) is 38.6 Å². The Morgan fingerprint density at radius 2 is 2.32 bits per heavy atom. The molecule has 0 aromatic carbocycles. The molecule has 1 aliphatic rings. The molecule has 0 bridgehead atoms. The first-order chi connectivity index (χ1) is 9.22. The van der Waals surface area contributed by atoms with Crippen LogP contribution in [0.2, 0.25) is 0 Å². The topological polar surface area (TPSA) is 46.3 Å². The van der Waals surface area contributed by atoms with E-state index < -0.39 is 0 Å². The van der Waals surface area contributed by atoms with Crippen LogP contribution in [0, 0.1) is 11.8 Å². The van der Waals surface area contributed by atoms with Gasteiger partial charge < -0.3 is 10.6 Å². The third-order valence-electron chi connectivity index (χ3n) is 3.44. The van der Waals surface area contributed by atoms with Gasteiger partial charge in [-0.15, -0.1) is 11.3 Å². The van der Waals surface area contributed by atoms with Crippen molar-refractivity contribution < 1.29 is 4.79 Å². The predicted octanol–water partition coefficient (Wildman–Crippen LogP) is 2.46. The fourth-order valence-corrected chi connectivity index (χ4v) is 3.21. The largest absolute Gasteiger partial charge is 0.335 e. The van der Waals surface area contributed by atoms with Crippen LogP contribution in [0.1, 0.15) is 47.2 Å². The Morgan fingerprint density at radius 1 is 1.47 bits per heavy atom. The lowest BCUT2D eigenvalue weighted by Crippen LogP contribution is -2.37. The third-order valence-corrected chi connectivity index (χ3v) is 4.43.